The van der Waals surface area contributed by atoms with Crippen molar-refractivity contribution in [3.8, 4) is 0 Å². The lowest BCUT2D eigenvalue weighted by Crippen LogP contribution is -2.23. The number of hydrogen-bond acceptors (Lipinski definition) is 4. The predicted octanol–water partition coefficient (Wildman–Crippen LogP) is 1.82. The van der Waals surface area contributed by atoms with Crippen LogP contribution in [0.5, 0.6) is 0 Å². The molecule has 0 aromatic carbocycles. The van der Waals surface area contributed by atoms with Gasteiger partial charge >= 0.3 is 0 Å². The van der Waals surface area contributed by atoms with E-state index in [2.05, 4.69) is 28.4 Å². The Labute approximate surface area is 107 Å². The Bertz CT molecular complexity index is 386. The highest BCUT2D eigenvalue weighted by Crippen LogP contribution is 2.23. The van der Waals surface area contributed by atoms with Gasteiger partial charge in [0, 0.05) is 37.2 Å². The second kappa shape index (κ2) is 6.10. The standard InChI is InChI=1S/C12H20N4S/c1-3-4-11-9-14-12(17-11)13-7-5-10-6-8-15-16(10)2/h6,8,11H,3-5,7,9H2,1-2H3,(H,13,14). The second-order valence-electron chi connectivity index (χ2n) is 4.30. The molecule has 1 aliphatic heterocycles. The molecule has 2 heterocycles. The topological polar surface area (TPSA) is 42.2 Å². The average Bonchev–Trinajstić information content (AvgIpc) is 2.90. The molecule has 1 aliphatic rings. The minimum atomic E-state index is 0.694. The summed E-state index contributed by atoms with van der Waals surface area (Å²) in [5.41, 5.74) is 1.26. The van der Waals surface area contributed by atoms with Crippen LogP contribution in [0.4, 0.5) is 0 Å². The zero-order valence-corrected chi connectivity index (χ0v) is 11.3. The Morgan fingerprint density at radius 1 is 1.59 bits per heavy atom. The van der Waals surface area contributed by atoms with Crippen molar-refractivity contribution in [2.45, 2.75) is 31.4 Å². The largest absolute Gasteiger partial charge is 0.365 e. The van der Waals surface area contributed by atoms with Crippen molar-refractivity contribution in [1.82, 2.24) is 15.1 Å². The molecule has 1 aromatic rings. The zero-order valence-electron chi connectivity index (χ0n) is 10.5. The summed E-state index contributed by atoms with van der Waals surface area (Å²) in [6, 6.07) is 2.06. The molecule has 0 amide bonds. The number of amidine groups is 1. The van der Waals surface area contributed by atoms with Gasteiger partial charge in [-0.25, -0.2) is 0 Å². The van der Waals surface area contributed by atoms with Crippen LogP contribution in [0.1, 0.15) is 25.5 Å². The fraction of sp³-hybridized carbons (Fsp3) is 0.667. The summed E-state index contributed by atoms with van der Waals surface area (Å²) in [7, 11) is 1.98. The van der Waals surface area contributed by atoms with E-state index in [4.69, 9.17) is 0 Å². The van der Waals surface area contributed by atoms with Gasteiger partial charge in [-0.2, -0.15) is 5.10 Å². The second-order valence-corrected chi connectivity index (χ2v) is 5.59. The minimum absolute atomic E-state index is 0.694. The highest BCUT2D eigenvalue weighted by Gasteiger charge is 2.17. The first kappa shape index (κ1) is 12.5. The summed E-state index contributed by atoms with van der Waals surface area (Å²) < 4.78 is 1.92. The summed E-state index contributed by atoms with van der Waals surface area (Å²) in [6.45, 7) is 4.14. The zero-order chi connectivity index (χ0) is 12.1. The number of aromatic nitrogens is 2. The third-order valence-electron chi connectivity index (χ3n) is 2.91. The number of rotatable bonds is 5. The fourth-order valence-corrected chi connectivity index (χ4v) is 3.08. The molecule has 0 aliphatic carbocycles. The average molecular weight is 252 g/mol. The van der Waals surface area contributed by atoms with Crippen molar-refractivity contribution in [3.05, 3.63) is 18.0 Å². The van der Waals surface area contributed by atoms with Crippen LogP contribution in [0.2, 0.25) is 0 Å². The van der Waals surface area contributed by atoms with Gasteiger partial charge in [-0.3, -0.25) is 9.67 Å². The Balaban J connectivity index is 1.68. The Kier molecular flexibility index (Phi) is 4.48. The van der Waals surface area contributed by atoms with Gasteiger partial charge < -0.3 is 5.32 Å². The summed E-state index contributed by atoms with van der Waals surface area (Å²) >= 11 is 1.89. The molecule has 1 atom stereocenters. The van der Waals surface area contributed by atoms with Crippen LogP contribution >= 0.6 is 11.8 Å². The Morgan fingerprint density at radius 2 is 2.47 bits per heavy atom. The molecule has 17 heavy (non-hydrogen) atoms. The first-order valence-electron chi connectivity index (χ1n) is 6.21. The number of thioether (sulfide) groups is 1. The molecule has 1 N–H and O–H groups in total. The maximum Gasteiger partial charge on any atom is 0.156 e. The van der Waals surface area contributed by atoms with E-state index in [1.54, 1.807) is 0 Å². The monoisotopic (exact) mass is 252 g/mol. The molecule has 0 bridgehead atoms. The number of nitrogens with zero attached hydrogens (tertiary/aromatic N) is 3. The summed E-state index contributed by atoms with van der Waals surface area (Å²) in [4.78, 5) is 4.52. The van der Waals surface area contributed by atoms with Crippen LogP contribution < -0.4 is 5.32 Å². The molecule has 0 saturated carbocycles. The molecule has 2 rings (SSSR count). The summed E-state index contributed by atoms with van der Waals surface area (Å²) in [5.74, 6) is 0. The lowest BCUT2D eigenvalue weighted by molar-refractivity contribution is 0.696. The van der Waals surface area contributed by atoms with Crippen molar-refractivity contribution >= 4 is 16.9 Å². The molecular weight excluding hydrogens is 232 g/mol. The molecule has 0 spiro atoms. The quantitative estimate of drug-likeness (QED) is 0.869. The van der Waals surface area contributed by atoms with Gasteiger partial charge in [0.15, 0.2) is 5.17 Å². The van der Waals surface area contributed by atoms with Gasteiger partial charge in [0.25, 0.3) is 0 Å². The van der Waals surface area contributed by atoms with Gasteiger partial charge in [-0.15, -0.1) is 0 Å². The van der Waals surface area contributed by atoms with Gasteiger partial charge in [0.2, 0.25) is 0 Å². The Hall–Kier alpha value is -0.970. The van der Waals surface area contributed by atoms with Crippen LogP contribution in [-0.4, -0.2) is 33.3 Å². The first-order valence-corrected chi connectivity index (χ1v) is 7.09. The number of aryl methyl sites for hydroxylation is 1. The van der Waals surface area contributed by atoms with Gasteiger partial charge in [-0.05, 0) is 12.5 Å². The number of hydrogen-bond donors (Lipinski definition) is 1. The van der Waals surface area contributed by atoms with Crippen LogP contribution in [0.3, 0.4) is 0 Å². The van der Waals surface area contributed by atoms with E-state index in [0.717, 1.165) is 24.7 Å². The van der Waals surface area contributed by atoms with Crippen LogP contribution in [-0.2, 0) is 13.5 Å². The van der Waals surface area contributed by atoms with Crippen molar-refractivity contribution in [3.63, 3.8) is 0 Å². The van der Waals surface area contributed by atoms with Gasteiger partial charge in [-0.1, -0.05) is 25.1 Å². The number of aliphatic imine (C=N–C) groups is 1. The molecule has 1 aromatic heterocycles. The van der Waals surface area contributed by atoms with Gasteiger partial charge in [0.05, 0.1) is 6.54 Å². The number of nitrogens with one attached hydrogen (secondary N) is 1. The van der Waals surface area contributed by atoms with E-state index >= 15 is 0 Å². The van der Waals surface area contributed by atoms with E-state index in [0.29, 0.717) is 5.25 Å². The van der Waals surface area contributed by atoms with Gasteiger partial charge in [0.1, 0.15) is 0 Å². The predicted molar refractivity (Wildman–Crippen MR) is 73.5 cm³/mol. The smallest absolute Gasteiger partial charge is 0.156 e. The maximum absolute atomic E-state index is 4.52. The molecule has 0 fully saturated rings. The van der Waals surface area contributed by atoms with Crippen molar-refractivity contribution in [2.75, 3.05) is 13.1 Å². The van der Waals surface area contributed by atoms with E-state index < -0.39 is 0 Å². The normalized spacial score (nSPS) is 19.4. The van der Waals surface area contributed by atoms with E-state index in [1.807, 2.05) is 29.7 Å². The molecule has 94 valence electrons. The maximum atomic E-state index is 4.52. The molecular formula is C12H20N4S. The van der Waals surface area contributed by atoms with Crippen LogP contribution in [0, 0.1) is 0 Å². The fourth-order valence-electron chi connectivity index (χ4n) is 1.93. The highest BCUT2D eigenvalue weighted by atomic mass is 32.2. The van der Waals surface area contributed by atoms with Crippen LogP contribution in [0.15, 0.2) is 17.3 Å². The summed E-state index contributed by atoms with van der Waals surface area (Å²) in [5, 5.41) is 9.37. The lowest BCUT2D eigenvalue weighted by Gasteiger charge is -2.07. The minimum Gasteiger partial charge on any atom is -0.365 e. The van der Waals surface area contributed by atoms with Crippen LogP contribution in [0.25, 0.3) is 0 Å². The highest BCUT2D eigenvalue weighted by molar-refractivity contribution is 8.14. The van der Waals surface area contributed by atoms with E-state index in [9.17, 15) is 0 Å². The van der Waals surface area contributed by atoms with E-state index in [-0.39, 0.29) is 0 Å². The van der Waals surface area contributed by atoms with E-state index in [1.165, 1.54) is 18.5 Å². The molecule has 5 heteroatoms. The Morgan fingerprint density at radius 3 is 3.18 bits per heavy atom. The third kappa shape index (κ3) is 3.49. The first-order chi connectivity index (χ1) is 8.29. The summed E-state index contributed by atoms with van der Waals surface area (Å²) in [6.07, 6.45) is 5.35. The lowest BCUT2D eigenvalue weighted by atomic mass is 10.2. The SMILES string of the molecule is CCCC1CN=C(NCCc2ccnn2C)S1. The molecule has 0 saturated heterocycles. The molecule has 1 unspecified atom stereocenters. The van der Waals surface area contributed by atoms with Crippen molar-refractivity contribution < 1.29 is 0 Å². The third-order valence-corrected chi connectivity index (χ3v) is 4.12. The van der Waals surface area contributed by atoms with Crippen molar-refractivity contribution in [1.29, 1.82) is 0 Å². The molecule has 0 radical (unpaired) electrons. The van der Waals surface area contributed by atoms with Crippen molar-refractivity contribution in [2.24, 2.45) is 12.0 Å². The molecule has 4 nitrogen and oxygen atoms in total.